The summed E-state index contributed by atoms with van der Waals surface area (Å²) in [5.74, 6) is -0.637. The quantitative estimate of drug-likeness (QED) is 0.322. The molecule has 1 fully saturated rings. The highest BCUT2D eigenvalue weighted by Gasteiger charge is 2.37. The third-order valence-corrected chi connectivity index (χ3v) is 6.47. The van der Waals surface area contributed by atoms with Crippen LogP contribution in [-0.2, 0) is 16.2 Å². The van der Waals surface area contributed by atoms with Gasteiger partial charge in [-0.3, -0.25) is 14.9 Å². The van der Waals surface area contributed by atoms with E-state index in [1.54, 1.807) is 48.5 Å². The topological polar surface area (TPSA) is 84.9 Å². The van der Waals surface area contributed by atoms with Crippen molar-refractivity contribution in [3.63, 3.8) is 0 Å². The smallest absolute Gasteiger partial charge is 0.335 e. The normalized spacial score (nSPS) is 14.8. The average molecular weight is 525 g/mol. The number of urea groups is 1. The molecular weight excluding hydrogens is 503 g/mol. The number of imide groups is 2. The summed E-state index contributed by atoms with van der Waals surface area (Å²) in [5.41, 5.74) is 3.46. The Labute approximate surface area is 218 Å². The van der Waals surface area contributed by atoms with Gasteiger partial charge in [0.05, 0.1) is 22.8 Å². The number of barbiturate groups is 1. The van der Waals surface area contributed by atoms with Gasteiger partial charge in [-0.25, -0.2) is 9.69 Å². The van der Waals surface area contributed by atoms with Crippen LogP contribution in [0.4, 0.5) is 10.5 Å². The van der Waals surface area contributed by atoms with Gasteiger partial charge in [0.15, 0.2) is 11.5 Å². The molecule has 0 saturated carbocycles. The van der Waals surface area contributed by atoms with Crippen LogP contribution in [-0.4, -0.2) is 25.0 Å². The zero-order chi connectivity index (χ0) is 26.0. The maximum absolute atomic E-state index is 13.2. The maximum Gasteiger partial charge on any atom is 0.335 e. The van der Waals surface area contributed by atoms with Gasteiger partial charge >= 0.3 is 6.03 Å². The largest absolute Gasteiger partial charge is 0.493 e. The molecule has 1 N–H and O–H groups in total. The second-order valence-electron chi connectivity index (χ2n) is 8.17. The van der Waals surface area contributed by atoms with Gasteiger partial charge in [0.1, 0.15) is 12.2 Å². The summed E-state index contributed by atoms with van der Waals surface area (Å²) in [7, 11) is 1.48. The van der Waals surface area contributed by atoms with E-state index in [4.69, 9.17) is 32.7 Å². The van der Waals surface area contributed by atoms with Crippen molar-refractivity contribution in [3.8, 4) is 11.5 Å². The number of rotatable bonds is 6. The zero-order valence-corrected chi connectivity index (χ0v) is 21.2. The van der Waals surface area contributed by atoms with Gasteiger partial charge in [-0.2, -0.15) is 0 Å². The fourth-order valence-corrected chi connectivity index (χ4v) is 3.93. The summed E-state index contributed by atoms with van der Waals surface area (Å²) >= 11 is 12.0. The summed E-state index contributed by atoms with van der Waals surface area (Å²) in [6.07, 6.45) is 1.41. The first-order valence-electron chi connectivity index (χ1n) is 10.9. The van der Waals surface area contributed by atoms with Gasteiger partial charge in [0.25, 0.3) is 11.8 Å². The van der Waals surface area contributed by atoms with E-state index in [0.29, 0.717) is 32.8 Å². The van der Waals surface area contributed by atoms with Gasteiger partial charge < -0.3 is 9.47 Å². The number of methoxy groups -OCH3 is 1. The molecule has 1 saturated heterocycles. The van der Waals surface area contributed by atoms with Gasteiger partial charge in [0, 0.05) is 0 Å². The Morgan fingerprint density at radius 2 is 1.67 bits per heavy atom. The lowest BCUT2D eigenvalue weighted by molar-refractivity contribution is -0.122. The molecular formula is C27H22Cl2N2O5. The van der Waals surface area contributed by atoms with Crippen LogP contribution in [0.15, 0.2) is 60.2 Å². The van der Waals surface area contributed by atoms with Crippen molar-refractivity contribution in [2.75, 3.05) is 12.0 Å². The minimum absolute atomic E-state index is 0.181. The molecule has 9 heteroatoms. The van der Waals surface area contributed by atoms with E-state index in [9.17, 15) is 14.4 Å². The number of carbonyl (C=O) groups is 3. The number of anilines is 1. The Bertz CT molecular complexity index is 1420. The standard InChI is InChI=1S/C27H22Cl2N2O5/c1-15-4-7-19(10-16(15)2)31-26(33)20(25(32)30-27(31)34)11-17-6-9-23(24(13-17)35-3)36-14-18-5-8-21(28)22(29)12-18/h4-13H,14H2,1-3H3,(H,30,32,34)/b20-11+. The summed E-state index contributed by atoms with van der Waals surface area (Å²) in [6, 6.07) is 14.6. The van der Waals surface area contributed by atoms with E-state index in [2.05, 4.69) is 5.32 Å². The highest BCUT2D eigenvalue weighted by Crippen LogP contribution is 2.31. The molecule has 0 spiro atoms. The number of nitrogens with zero attached hydrogens (tertiary/aromatic N) is 1. The van der Waals surface area contributed by atoms with Crippen LogP contribution in [0.3, 0.4) is 0 Å². The van der Waals surface area contributed by atoms with E-state index in [1.165, 1.54) is 13.2 Å². The molecule has 1 heterocycles. The third kappa shape index (κ3) is 5.22. The Kier molecular flexibility index (Phi) is 7.33. The van der Waals surface area contributed by atoms with Crippen molar-refractivity contribution in [2.45, 2.75) is 20.5 Å². The summed E-state index contributed by atoms with van der Waals surface area (Å²) in [4.78, 5) is 39.1. The molecule has 4 amide bonds. The van der Waals surface area contributed by atoms with Crippen molar-refractivity contribution in [1.29, 1.82) is 0 Å². The van der Waals surface area contributed by atoms with Crippen molar-refractivity contribution >= 4 is 52.8 Å². The molecule has 184 valence electrons. The molecule has 36 heavy (non-hydrogen) atoms. The van der Waals surface area contributed by atoms with Crippen LogP contribution in [0.2, 0.25) is 10.0 Å². The second-order valence-corrected chi connectivity index (χ2v) is 8.99. The van der Waals surface area contributed by atoms with Gasteiger partial charge in [-0.1, -0.05) is 41.4 Å². The van der Waals surface area contributed by atoms with E-state index >= 15 is 0 Å². The fourth-order valence-electron chi connectivity index (χ4n) is 3.61. The first kappa shape index (κ1) is 25.3. The van der Waals surface area contributed by atoms with Crippen LogP contribution >= 0.6 is 23.2 Å². The number of halogens is 2. The molecule has 0 bridgehead atoms. The molecule has 1 aliphatic rings. The number of benzene rings is 3. The first-order chi connectivity index (χ1) is 17.2. The molecule has 3 aromatic rings. The Morgan fingerprint density at radius 3 is 2.36 bits per heavy atom. The van der Waals surface area contributed by atoms with Crippen LogP contribution in [0, 0.1) is 13.8 Å². The molecule has 3 aromatic carbocycles. The van der Waals surface area contributed by atoms with E-state index < -0.39 is 17.8 Å². The van der Waals surface area contributed by atoms with Crippen LogP contribution in [0.5, 0.6) is 11.5 Å². The van der Waals surface area contributed by atoms with E-state index in [0.717, 1.165) is 21.6 Å². The highest BCUT2D eigenvalue weighted by atomic mass is 35.5. The molecule has 0 aromatic heterocycles. The second kappa shape index (κ2) is 10.4. The first-order valence-corrected chi connectivity index (χ1v) is 11.7. The van der Waals surface area contributed by atoms with Crippen LogP contribution in [0.1, 0.15) is 22.3 Å². The monoisotopic (exact) mass is 524 g/mol. The van der Waals surface area contributed by atoms with Crippen LogP contribution in [0.25, 0.3) is 6.08 Å². The lowest BCUT2D eigenvalue weighted by Crippen LogP contribution is -2.54. The maximum atomic E-state index is 13.2. The Hall–Kier alpha value is -3.81. The summed E-state index contributed by atoms with van der Waals surface area (Å²) < 4.78 is 11.3. The summed E-state index contributed by atoms with van der Waals surface area (Å²) in [5, 5.41) is 3.11. The predicted octanol–water partition coefficient (Wildman–Crippen LogP) is 5.86. The number of ether oxygens (including phenoxy) is 2. The number of amides is 4. The average Bonchev–Trinajstić information content (AvgIpc) is 2.84. The zero-order valence-electron chi connectivity index (χ0n) is 19.7. The Balaban J connectivity index is 1.59. The fraction of sp³-hybridized carbons (Fsp3) is 0.148. The molecule has 4 rings (SSSR count). The SMILES string of the molecule is COc1cc(/C=C2\C(=O)NC(=O)N(c3ccc(C)c(C)c3)C2=O)ccc1OCc1ccc(Cl)c(Cl)c1. The summed E-state index contributed by atoms with van der Waals surface area (Å²) in [6.45, 7) is 4.03. The number of aryl methyl sites for hydroxylation is 2. The van der Waals surface area contributed by atoms with Crippen LogP contribution < -0.4 is 19.7 Å². The Morgan fingerprint density at radius 1 is 0.889 bits per heavy atom. The molecule has 7 nitrogen and oxygen atoms in total. The molecule has 0 unspecified atom stereocenters. The molecule has 1 aliphatic heterocycles. The highest BCUT2D eigenvalue weighted by molar-refractivity contribution is 6.42. The molecule has 0 radical (unpaired) electrons. The number of nitrogens with one attached hydrogen (secondary N) is 1. The van der Waals surface area contributed by atoms with Gasteiger partial charge in [-0.15, -0.1) is 0 Å². The molecule has 0 atom stereocenters. The van der Waals surface area contributed by atoms with E-state index in [-0.39, 0.29) is 12.2 Å². The minimum atomic E-state index is -0.797. The minimum Gasteiger partial charge on any atom is -0.493 e. The predicted molar refractivity (Wildman–Crippen MR) is 139 cm³/mol. The molecule has 0 aliphatic carbocycles. The third-order valence-electron chi connectivity index (χ3n) is 5.73. The van der Waals surface area contributed by atoms with Crippen molar-refractivity contribution < 1.29 is 23.9 Å². The number of hydrogen-bond donors (Lipinski definition) is 1. The van der Waals surface area contributed by atoms with Crippen molar-refractivity contribution in [3.05, 3.63) is 92.5 Å². The lowest BCUT2D eigenvalue weighted by atomic mass is 10.0. The number of hydrogen-bond acceptors (Lipinski definition) is 5. The lowest BCUT2D eigenvalue weighted by Gasteiger charge is -2.26. The van der Waals surface area contributed by atoms with E-state index in [1.807, 2.05) is 19.9 Å². The van der Waals surface area contributed by atoms with Gasteiger partial charge in [-0.05, 0) is 78.6 Å². The number of carbonyl (C=O) groups excluding carboxylic acids is 3. The van der Waals surface area contributed by atoms with Gasteiger partial charge in [0.2, 0.25) is 0 Å². The van der Waals surface area contributed by atoms with Crippen molar-refractivity contribution in [1.82, 2.24) is 5.32 Å². The van der Waals surface area contributed by atoms with Crippen molar-refractivity contribution in [2.24, 2.45) is 0 Å².